The predicted octanol–water partition coefficient (Wildman–Crippen LogP) is 1.57. The molecule has 0 aliphatic rings. The summed E-state index contributed by atoms with van der Waals surface area (Å²) in [6, 6.07) is 9.66. The van der Waals surface area contributed by atoms with Crippen LogP contribution in [-0.2, 0) is 7.05 Å². The Hall–Kier alpha value is -1.81. The summed E-state index contributed by atoms with van der Waals surface area (Å²) < 4.78 is 1.69. The van der Waals surface area contributed by atoms with Gasteiger partial charge in [-0.05, 0) is 23.8 Å². The quantitative estimate of drug-likeness (QED) is 0.871. The molecular formula is C13H17N3O. The molecule has 1 aromatic heterocycles. The molecule has 1 aromatic carbocycles. The molecule has 2 rings (SSSR count). The van der Waals surface area contributed by atoms with E-state index in [1.807, 2.05) is 62.6 Å². The van der Waals surface area contributed by atoms with Crippen LogP contribution in [0.15, 0.2) is 36.5 Å². The van der Waals surface area contributed by atoms with E-state index in [-0.39, 0.29) is 0 Å². The highest BCUT2D eigenvalue weighted by atomic mass is 16.3. The number of rotatable bonds is 3. The van der Waals surface area contributed by atoms with Crippen LogP contribution in [0.1, 0.15) is 17.4 Å². The van der Waals surface area contributed by atoms with Gasteiger partial charge in [0.25, 0.3) is 0 Å². The minimum atomic E-state index is -0.670. The number of aryl methyl sites for hydroxylation is 1. The van der Waals surface area contributed by atoms with Crippen molar-refractivity contribution >= 4 is 5.69 Å². The fraction of sp³-hybridized carbons (Fsp3) is 0.308. The summed E-state index contributed by atoms with van der Waals surface area (Å²) in [6.45, 7) is 0. The van der Waals surface area contributed by atoms with E-state index in [1.54, 1.807) is 4.68 Å². The second-order valence-electron chi connectivity index (χ2n) is 4.31. The molecule has 0 saturated heterocycles. The zero-order chi connectivity index (χ0) is 12.4. The Morgan fingerprint density at radius 3 is 2.65 bits per heavy atom. The van der Waals surface area contributed by atoms with E-state index in [0.29, 0.717) is 5.69 Å². The molecule has 90 valence electrons. The predicted molar refractivity (Wildman–Crippen MR) is 68.0 cm³/mol. The first kappa shape index (κ1) is 11.7. The van der Waals surface area contributed by atoms with Crippen molar-refractivity contribution in [2.75, 3.05) is 19.0 Å². The van der Waals surface area contributed by atoms with Gasteiger partial charge in [-0.1, -0.05) is 12.1 Å². The molecule has 0 radical (unpaired) electrons. The summed E-state index contributed by atoms with van der Waals surface area (Å²) in [5, 5.41) is 14.4. The molecule has 0 bridgehead atoms. The Labute approximate surface area is 101 Å². The van der Waals surface area contributed by atoms with Crippen molar-refractivity contribution in [1.29, 1.82) is 0 Å². The lowest BCUT2D eigenvalue weighted by molar-refractivity contribution is 0.214. The summed E-state index contributed by atoms with van der Waals surface area (Å²) in [5.41, 5.74) is 2.59. The number of hydrogen-bond donors (Lipinski definition) is 1. The third-order valence-corrected chi connectivity index (χ3v) is 2.72. The highest BCUT2D eigenvalue weighted by Crippen LogP contribution is 2.23. The highest BCUT2D eigenvalue weighted by molar-refractivity contribution is 5.48. The van der Waals surface area contributed by atoms with Gasteiger partial charge in [-0.3, -0.25) is 4.68 Å². The number of hydrogen-bond acceptors (Lipinski definition) is 3. The zero-order valence-electron chi connectivity index (χ0n) is 10.3. The number of aromatic nitrogens is 2. The van der Waals surface area contributed by atoms with Crippen LogP contribution in [0.2, 0.25) is 0 Å². The zero-order valence-corrected chi connectivity index (χ0v) is 10.3. The van der Waals surface area contributed by atoms with Crippen LogP contribution in [0, 0.1) is 0 Å². The average molecular weight is 231 g/mol. The summed E-state index contributed by atoms with van der Waals surface area (Å²) in [4.78, 5) is 2.01. The van der Waals surface area contributed by atoms with Crippen LogP contribution < -0.4 is 4.90 Å². The fourth-order valence-corrected chi connectivity index (χ4v) is 1.72. The van der Waals surface area contributed by atoms with E-state index in [4.69, 9.17) is 0 Å². The van der Waals surface area contributed by atoms with E-state index in [9.17, 15) is 5.11 Å². The van der Waals surface area contributed by atoms with Crippen molar-refractivity contribution < 1.29 is 5.11 Å². The van der Waals surface area contributed by atoms with Crippen molar-refractivity contribution in [3.63, 3.8) is 0 Å². The third-order valence-electron chi connectivity index (χ3n) is 2.72. The van der Waals surface area contributed by atoms with Crippen LogP contribution in [0.25, 0.3) is 0 Å². The highest BCUT2D eigenvalue weighted by Gasteiger charge is 2.13. The van der Waals surface area contributed by atoms with Crippen LogP contribution in [0.4, 0.5) is 5.69 Å². The van der Waals surface area contributed by atoms with E-state index < -0.39 is 6.10 Å². The molecule has 1 heterocycles. The molecule has 0 aliphatic carbocycles. The van der Waals surface area contributed by atoms with Gasteiger partial charge in [0.1, 0.15) is 6.10 Å². The normalized spacial score (nSPS) is 12.5. The summed E-state index contributed by atoms with van der Waals surface area (Å²) >= 11 is 0. The number of aliphatic hydroxyl groups excluding tert-OH is 1. The van der Waals surface area contributed by atoms with E-state index >= 15 is 0 Å². The van der Waals surface area contributed by atoms with E-state index in [0.717, 1.165) is 11.3 Å². The van der Waals surface area contributed by atoms with E-state index in [2.05, 4.69) is 5.10 Å². The molecule has 1 N–H and O–H groups in total. The molecule has 0 saturated carbocycles. The molecular weight excluding hydrogens is 214 g/mol. The average Bonchev–Trinajstić information content (AvgIpc) is 2.75. The van der Waals surface area contributed by atoms with Gasteiger partial charge in [-0.15, -0.1) is 0 Å². The monoisotopic (exact) mass is 231 g/mol. The maximum absolute atomic E-state index is 10.2. The Kier molecular flexibility index (Phi) is 3.15. The second-order valence-corrected chi connectivity index (χ2v) is 4.31. The van der Waals surface area contributed by atoms with Crippen LogP contribution in [0.5, 0.6) is 0 Å². The maximum Gasteiger partial charge on any atom is 0.123 e. The first-order valence-electron chi connectivity index (χ1n) is 5.53. The lowest BCUT2D eigenvalue weighted by Gasteiger charge is -2.15. The number of aliphatic hydroxyl groups is 1. The topological polar surface area (TPSA) is 41.3 Å². The van der Waals surface area contributed by atoms with Gasteiger partial charge in [0, 0.05) is 33.0 Å². The van der Waals surface area contributed by atoms with Gasteiger partial charge < -0.3 is 10.0 Å². The number of benzene rings is 1. The summed E-state index contributed by atoms with van der Waals surface area (Å²) in [7, 11) is 5.80. The van der Waals surface area contributed by atoms with Crippen molar-refractivity contribution in [3.8, 4) is 0 Å². The Balaban J connectivity index is 2.30. The molecule has 1 unspecified atom stereocenters. The second kappa shape index (κ2) is 4.59. The first-order valence-corrected chi connectivity index (χ1v) is 5.53. The molecule has 4 heteroatoms. The molecule has 2 aromatic rings. The van der Waals surface area contributed by atoms with Crippen molar-refractivity contribution in [3.05, 3.63) is 47.8 Å². The van der Waals surface area contributed by atoms with Gasteiger partial charge in [0.15, 0.2) is 0 Å². The van der Waals surface area contributed by atoms with Crippen LogP contribution in [0.3, 0.4) is 0 Å². The largest absolute Gasteiger partial charge is 0.382 e. The Morgan fingerprint density at radius 1 is 1.29 bits per heavy atom. The van der Waals surface area contributed by atoms with Gasteiger partial charge in [0.05, 0.1) is 5.69 Å². The Morgan fingerprint density at radius 2 is 2.06 bits per heavy atom. The molecule has 0 fully saturated rings. The summed E-state index contributed by atoms with van der Waals surface area (Å²) in [6.07, 6.45) is 1.16. The van der Waals surface area contributed by atoms with Gasteiger partial charge >= 0.3 is 0 Å². The number of anilines is 1. The minimum Gasteiger partial charge on any atom is -0.382 e. The maximum atomic E-state index is 10.2. The molecule has 1 atom stereocenters. The van der Waals surface area contributed by atoms with Gasteiger partial charge in [-0.2, -0.15) is 5.10 Å². The molecule has 0 spiro atoms. The van der Waals surface area contributed by atoms with Crippen molar-refractivity contribution in [1.82, 2.24) is 9.78 Å². The van der Waals surface area contributed by atoms with Crippen molar-refractivity contribution in [2.45, 2.75) is 6.10 Å². The van der Waals surface area contributed by atoms with E-state index in [1.165, 1.54) is 0 Å². The molecule has 17 heavy (non-hydrogen) atoms. The fourth-order valence-electron chi connectivity index (χ4n) is 1.72. The smallest absolute Gasteiger partial charge is 0.123 e. The molecule has 4 nitrogen and oxygen atoms in total. The molecule has 0 aliphatic heterocycles. The lowest BCUT2D eigenvalue weighted by atomic mass is 10.1. The van der Waals surface area contributed by atoms with Gasteiger partial charge in [-0.25, -0.2) is 0 Å². The lowest BCUT2D eigenvalue weighted by Crippen LogP contribution is -2.09. The standard InChI is InChI=1S/C13H17N3O/c1-15(2)11-6-4-5-10(9-11)13(17)12-7-8-16(3)14-12/h4-9,13,17H,1-3H3. The first-order chi connectivity index (χ1) is 8.08. The minimum absolute atomic E-state index is 0.670. The number of nitrogens with zero attached hydrogens (tertiary/aromatic N) is 3. The Bertz CT molecular complexity index is 505. The summed E-state index contributed by atoms with van der Waals surface area (Å²) in [5.74, 6) is 0. The van der Waals surface area contributed by atoms with Crippen LogP contribution >= 0.6 is 0 Å². The van der Waals surface area contributed by atoms with Gasteiger partial charge in [0.2, 0.25) is 0 Å². The van der Waals surface area contributed by atoms with Crippen molar-refractivity contribution in [2.24, 2.45) is 7.05 Å². The molecule has 0 amide bonds. The SMILES string of the molecule is CN(C)c1cccc(C(O)c2ccn(C)n2)c1. The third kappa shape index (κ3) is 2.47. The van der Waals surface area contributed by atoms with Crippen LogP contribution in [-0.4, -0.2) is 29.0 Å².